The second-order valence-electron chi connectivity index (χ2n) is 4.47. The number of carboxylic acid groups (broad SMARTS) is 2. The quantitative estimate of drug-likeness (QED) is 0.801. The Morgan fingerprint density at radius 3 is 2.24 bits per heavy atom. The van der Waals surface area contributed by atoms with Crippen molar-refractivity contribution in [3.8, 4) is 0 Å². The van der Waals surface area contributed by atoms with Crippen molar-refractivity contribution in [2.24, 2.45) is 0 Å². The molecule has 5 heteroatoms. The second kappa shape index (κ2) is 6.95. The van der Waals surface area contributed by atoms with Gasteiger partial charge in [0.15, 0.2) is 0 Å². The molecule has 108 valence electrons. The van der Waals surface area contributed by atoms with Crippen LogP contribution in [-0.2, 0) is 17.0 Å². The largest absolute Gasteiger partial charge is 0.481 e. The van der Waals surface area contributed by atoms with Gasteiger partial charge in [-0.15, -0.1) is 11.8 Å². The smallest absolute Gasteiger partial charge is 0.335 e. The van der Waals surface area contributed by atoms with Crippen molar-refractivity contribution in [2.45, 2.75) is 17.1 Å². The molecule has 0 aliphatic rings. The third-order valence-electron chi connectivity index (χ3n) is 2.92. The van der Waals surface area contributed by atoms with Crippen molar-refractivity contribution in [1.82, 2.24) is 0 Å². The zero-order valence-electron chi connectivity index (χ0n) is 11.2. The standard InChI is InChI=1S/C16H14O4S/c17-15(18)9-11-5-7-13(8-6-11)21-10-12-3-1-2-4-14(12)16(19)20/h1-8H,9-10H2,(H,17,18)(H,19,20). The fraction of sp³-hybridized carbons (Fsp3) is 0.125. The zero-order chi connectivity index (χ0) is 15.2. The molecule has 0 amide bonds. The van der Waals surface area contributed by atoms with Crippen LogP contribution in [0.4, 0.5) is 0 Å². The van der Waals surface area contributed by atoms with E-state index in [2.05, 4.69) is 0 Å². The summed E-state index contributed by atoms with van der Waals surface area (Å²) >= 11 is 1.52. The van der Waals surface area contributed by atoms with E-state index in [0.717, 1.165) is 16.0 Å². The molecule has 0 unspecified atom stereocenters. The second-order valence-corrected chi connectivity index (χ2v) is 5.51. The predicted molar refractivity (Wildman–Crippen MR) is 80.7 cm³/mol. The van der Waals surface area contributed by atoms with Crippen LogP contribution in [-0.4, -0.2) is 22.2 Å². The fourth-order valence-electron chi connectivity index (χ4n) is 1.89. The Hall–Kier alpha value is -2.27. The van der Waals surface area contributed by atoms with E-state index >= 15 is 0 Å². The van der Waals surface area contributed by atoms with Gasteiger partial charge in [-0.25, -0.2) is 4.79 Å². The van der Waals surface area contributed by atoms with Gasteiger partial charge in [-0.2, -0.15) is 0 Å². The van der Waals surface area contributed by atoms with Gasteiger partial charge in [0.2, 0.25) is 0 Å². The monoisotopic (exact) mass is 302 g/mol. The summed E-state index contributed by atoms with van der Waals surface area (Å²) in [5.74, 6) is -1.23. The van der Waals surface area contributed by atoms with Gasteiger partial charge in [0.05, 0.1) is 12.0 Å². The van der Waals surface area contributed by atoms with Crippen LogP contribution in [0, 0.1) is 0 Å². The summed E-state index contributed by atoms with van der Waals surface area (Å²) in [6, 6.07) is 14.2. The summed E-state index contributed by atoms with van der Waals surface area (Å²) in [4.78, 5) is 22.7. The number of benzene rings is 2. The van der Waals surface area contributed by atoms with Gasteiger partial charge < -0.3 is 10.2 Å². The summed E-state index contributed by atoms with van der Waals surface area (Å²) in [5, 5.41) is 17.8. The molecule has 2 N–H and O–H groups in total. The molecule has 4 nitrogen and oxygen atoms in total. The molecule has 0 aromatic heterocycles. The first-order valence-corrected chi connectivity index (χ1v) is 7.29. The average Bonchev–Trinajstić information content (AvgIpc) is 2.46. The molecule has 0 atom stereocenters. The van der Waals surface area contributed by atoms with Crippen LogP contribution in [0.1, 0.15) is 21.5 Å². The first kappa shape index (κ1) is 15.1. The lowest BCUT2D eigenvalue weighted by Crippen LogP contribution is -2.01. The van der Waals surface area contributed by atoms with Gasteiger partial charge >= 0.3 is 11.9 Å². The maximum Gasteiger partial charge on any atom is 0.335 e. The van der Waals surface area contributed by atoms with Crippen LogP contribution in [0.3, 0.4) is 0 Å². The Bertz CT molecular complexity index is 650. The number of thioether (sulfide) groups is 1. The highest BCUT2D eigenvalue weighted by Crippen LogP contribution is 2.25. The number of hydrogen-bond acceptors (Lipinski definition) is 3. The molecule has 0 saturated heterocycles. The molecule has 2 aromatic rings. The maximum atomic E-state index is 11.1. The molecule has 0 heterocycles. The van der Waals surface area contributed by atoms with E-state index in [9.17, 15) is 9.59 Å². The molecule has 0 saturated carbocycles. The summed E-state index contributed by atoms with van der Waals surface area (Å²) in [7, 11) is 0. The molecule has 0 bridgehead atoms. The Morgan fingerprint density at radius 2 is 1.62 bits per heavy atom. The summed E-state index contributed by atoms with van der Waals surface area (Å²) in [5.41, 5.74) is 1.83. The lowest BCUT2D eigenvalue weighted by molar-refractivity contribution is -0.136. The van der Waals surface area contributed by atoms with Crippen molar-refractivity contribution < 1.29 is 19.8 Å². The first-order chi connectivity index (χ1) is 10.1. The fourth-order valence-corrected chi connectivity index (χ4v) is 2.80. The number of carboxylic acids is 2. The number of hydrogen-bond donors (Lipinski definition) is 2. The van der Waals surface area contributed by atoms with Crippen LogP contribution in [0.25, 0.3) is 0 Å². The SMILES string of the molecule is O=C(O)Cc1ccc(SCc2ccccc2C(=O)O)cc1. The molecule has 0 aliphatic carbocycles. The molecule has 2 aromatic carbocycles. The molecule has 0 aliphatic heterocycles. The third-order valence-corrected chi connectivity index (χ3v) is 3.98. The Morgan fingerprint density at radius 1 is 0.952 bits per heavy atom. The molecule has 2 rings (SSSR count). The highest BCUT2D eigenvalue weighted by Gasteiger charge is 2.09. The number of rotatable bonds is 6. The summed E-state index contributed by atoms with van der Waals surface area (Å²) < 4.78 is 0. The van der Waals surface area contributed by atoms with Crippen LogP contribution >= 0.6 is 11.8 Å². The normalized spacial score (nSPS) is 10.3. The van der Waals surface area contributed by atoms with Crippen molar-refractivity contribution in [3.05, 3.63) is 65.2 Å². The van der Waals surface area contributed by atoms with E-state index in [4.69, 9.17) is 10.2 Å². The first-order valence-electron chi connectivity index (χ1n) is 6.31. The minimum Gasteiger partial charge on any atom is -0.481 e. The van der Waals surface area contributed by atoms with Gasteiger partial charge in [-0.1, -0.05) is 30.3 Å². The van der Waals surface area contributed by atoms with Crippen LogP contribution in [0.2, 0.25) is 0 Å². The van der Waals surface area contributed by atoms with Crippen LogP contribution in [0.5, 0.6) is 0 Å². The Kier molecular flexibility index (Phi) is 5.00. The number of aromatic carboxylic acids is 1. The van der Waals surface area contributed by atoms with E-state index in [0.29, 0.717) is 11.3 Å². The van der Waals surface area contributed by atoms with Gasteiger partial charge in [0.1, 0.15) is 0 Å². The van der Waals surface area contributed by atoms with Gasteiger partial charge in [0, 0.05) is 10.6 Å². The van der Waals surface area contributed by atoms with Gasteiger partial charge in [-0.05, 0) is 29.3 Å². The summed E-state index contributed by atoms with van der Waals surface area (Å²) in [6.45, 7) is 0. The van der Waals surface area contributed by atoms with Crippen molar-refractivity contribution in [3.63, 3.8) is 0 Å². The third kappa shape index (κ3) is 4.36. The predicted octanol–water partition coefficient (Wildman–Crippen LogP) is 3.30. The van der Waals surface area contributed by atoms with Crippen molar-refractivity contribution in [2.75, 3.05) is 0 Å². The molecule has 0 radical (unpaired) electrons. The van der Waals surface area contributed by atoms with Crippen molar-refractivity contribution in [1.29, 1.82) is 0 Å². The summed E-state index contributed by atoms with van der Waals surface area (Å²) in [6.07, 6.45) is 0.00674. The molecule has 0 fully saturated rings. The zero-order valence-corrected chi connectivity index (χ0v) is 12.0. The Labute approximate surface area is 126 Å². The average molecular weight is 302 g/mol. The van der Waals surface area contributed by atoms with E-state index in [-0.39, 0.29) is 6.42 Å². The maximum absolute atomic E-state index is 11.1. The number of carbonyl (C=O) groups is 2. The topological polar surface area (TPSA) is 74.6 Å². The minimum atomic E-state index is -0.928. The lowest BCUT2D eigenvalue weighted by Gasteiger charge is -2.06. The van der Waals surface area contributed by atoms with Crippen molar-refractivity contribution >= 4 is 23.7 Å². The molecular formula is C16H14O4S. The van der Waals surface area contributed by atoms with Crippen LogP contribution in [0.15, 0.2) is 53.4 Å². The highest BCUT2D eigenvalue weighted by molar-refractivity contribution is 7.98. The van der Waals surface area contributed by atoms with Gasteiger partial charge in [0.25, 0.3) is 0 Å². The lowest BCUT2D eigenvalue weighted by atomic mass is 10.1. The van der Waals surface area contributed by atoms with E-state index in [1.165, 1.54) is 11.8 Å². The Balaban J connectivity index is 2.03. The highest BCUT2D eigenvalue weighted by atomic mass is 32.2. The van der Waals surface area contributed by atoms with E-state index < -0.39 is 11.9 Å². The molecular weight excluding hydrogens is 288 g/mol. The number of aliphatic carboxylic acids is 1. The van der Waals surface area contributed by atoms with E-state index in [1.807, 2.05) is 18.2 Å². The minimum absolute atomic E-state index is 0.00674. The van der Waals surface area contributed by atoms with E-state index in [1.54, 1.807) is 30.3 Å². The van der Waals surface area contributed by atoms with Crippen LogP contribution < -0.4 is 0 Å². The van der Waals surface area contributed by atoms with Gasteiger partial charge in [-0.3, -0.25) is 4.79 Å². The molecule has 0 spiro atoms. The molecule has 21 heavy (non-hydrogen) atoms.